The van der Waals surface area contributed by atoms with Crippen LogP contribution in [0, 0.1) is 0 Å². The molecule has 28 heavy (non-hydrogen) atoms. The Balaban J connectivity index is 1.54. The lowest BCUT2D eigenvalue weighted by atomic mass is 10.2. The number of benzene rings is 2. The van der Waals surface area contributed by atoms with Gasteiger partial charge in [0.1, 0.15) is 6.33 Å². The van der Waals surface area contributed by atoms with Gasteiger partial charge in [0.15, 0.2) is 0 Å². The van der Waals surface area contributed by atoms with E-state index in [0.29, 0.717) is 17.7 Å². The summed E-state index contributed by atoms with van der Waals surface area (Å²) >= 11 is 1.43. The van der Waals surface area contributed by atoms with Gasteiger partial charge in [-0.1, -0.05) is 23.9 Å². The Hall–Kier alpha value is -2.75. The molecule has 7 nitrogen and oxygen atoms in total. The van der Waals surface area contributed by atoms with Gasteiger partial charge in [-0.2, -0.15) is 0 Å². The highest BCUT2D eigenvalue weighted by Crippen LogP contribution is 2.39. The summed E-state index contributed by atoms with van der Waals surface area (Å²) in [6, 6.07) is 12.0. The van der Waals surface area contributed by atoms with Crippen molar-refractivity contribution in [1.82, 2.24) is 14.7 Å². The third-order valence-corrected chi connectivity index (χ3v) is 6.79. The molecule has 2 heterocycles. The van der Waals surface area contributed by atoms with E-state index in [-0.39, 0.29) is 17.3 Å². The van der Waals surface area contributed by atoms with E-state index in [1.807, 2.05) is 12.1 Å². The van der Waals surface area contributed by atoms with Gasteiger partial charge in [0.2, 0.25) is 10.0 Å². The standard InChI is InChI=1S/C19H16N4O3S2/c24-19-15-3-1-2-4-17(15)27-18-6-5-14(9-16(18)23-19)28(25,26)22-8-7-13-10-20-12-21-11-13/h1-6,9-12,22H,7-8H2,(H,23,24). The van der Waals surface area contributed by atoms with Crippen LogP contribution in [0.2, 0.25) is 0 Å². The predicted octanol–water partition coefficient (Wildman–Crippen LogP) is 2.71. The molecule has 2 N–H and O–H groups in total. The van der Waals surface area contributed by atoms with Crippen molar-refractivity contribution in [2.24, 2.45) is 0 Å². The molecule has 0 radical (unpaired) electrons. The first-order chi connectivity index (χ1) is 13.5. The molecule has 1 amide bonds. The second-order valence-corrected chi connectivity index (χ2v) is 8.96. The van der Waals surface area contributed by atoms with Crippen LogP contribution in [0.5, 0.6) is 0 Å². The molecule has 1 aliphatic rings. The number of carbonyl (C=O) groups excluding carboxylic acids is 1. The molecule has 0 fully saturated rings. The molecule has 1 aliphatic heterocycles. The van der Waals surface area contributed by atoms with E-state index >= 15 is 0 Å². The third kappa shape index (κ3) is 3.91. The van der Waals surface area contributed by atoms with Crippen molar-refractivity contribution in [3.63, 3.8) is 0 Å². The van der Waals surface area contributed by atoms with E-state index in [0.717, 1.165) is 15.4 Å². The average Bonchev–Trinajstić information content (AvgIpc) is 2.84. The number of anilines is 1. The highest BCUT2D eigenvalue weighted by molar-refractivity contribution is 7.99. The van der Waals surface area contributed by atoms with Crippen LogP contribution in [0.25, 0.3) is 0 Å². The molecule has 142 valence electrons. The van der Waals surface area contributed by atoms with Crippen LogP contribution in [-0.2, 0) is 16.4 Å². The third-order valence-electron chi connectivity index (χ3n) is 4.18. The zero-order valence-corrected chi connectivity index (χ0v) is 16.3. The maximum Gasteiger partial charge on any atom is 0.256 e. The van der Waals surface area contributed by atoms with Crippen LogP contribution in [0.4, 0.5) is 5.69 Å². The molecule has 0 bridgehead atoms. The Morgan fingerprint density at radius 2 is 1.82 bits per heavy atom. The van der Waals surface area contributed by atoms with E-state index in [1.165, 1.54) is 24.2 Å². The largest absolute Gasteiger partial charge is 0.321 e. The molecule has 9 heteroatoms. The maximum absolute atomic E-state index is 12.6. The molecular formula is C19H16N4O3S2. The van der Waals surface area contributed by atoms with Gasteiger partial charge in [-0.15, -0.1) is 0 Å². The first kappa shape index (κ1) is 18.6. The Morgan fingerprint density at radius 1 is 1.04 bits per heavy atom. The number of amides is 1. The van der Waals surface area contributed by atoms with Crippen molar-refractivity contribution in [3.05, 3.63) is 72.3 Å². The molecule has 0 saturated heterocycles. The first-order valence-electron chi connectivity index (χ1n) is 8.49. The van der Waals surface area contributed by atoms with E-state index in [9.17, 15) is 13.2 Å². The summed E-state index contributed by atoms with van der Waals surface area (Å²) in [6.07, 6.45) is 5.20. The number of carbonyl (C=O) groups is 1. The number of fused-ring (bicyclic) bond motifs is 2. The quantitative estimate of drug-likeness (QED) is 0.668. The number of sulfonamides is 1. The second-order valence-electron chi connectivity index (χ2n) is 6.10. The zero-order chi connectivity index (χ0) is 19.6. The molecule has 0 saturated carbocycles. The lowest BCUT2D eigenvalue weighted by molar-refractivity contribution is 0.102. The van der Waals surface area contributed by atoms with Gasteiger partial charge < -0.3 is 5.32 Å². The van der Waals surface area contributed by atoms with Gasteiger partial charge >= 0.3 is 0 Å². The summed E-state index contributed by atoms with van der Waals surface area (Å²) < 4.78 is 27.8. The van der Waals surface area contributed by atoms with Crippen molar-refractivity contribution < 1.29 is 13.2 Å². The summed E-state index contributed by atoms with van der Waals surface area (Å²) in [4.78, 5) is 22.0. The number of hydrogen-bond donors (Lipinski definition) is 2. The van der Waals surface area contributed by atoms with Gasteiger partial charge in [-0.25, -0.2) is 23.1 Å². The highest BCUT2D eigenvalue weighted by Gasteiger charge is 2.22. The maximum atomic E-state index is 12.6. The molecule has 0 aliphatic carbocycles. The molecule has 0 spiro atoms. The summed E-state index contributed by atoms with van der Waals surface area (Å²) in [6.45, 7) is 0.222. The van der Waals surface area contributed by atoms with Crippen molar-refractivity contribution >= 4 is 33.4 Å². The fourth-order valence-electron chi connectivity index (χ4n) is 2.79. The van der Waals surface area contributed by atoms with Crippen LogP contribution in [0.1, 0.15) is 15.9 Å². The summed E-state index contributed by atoms with van der Waals surface area (Å²) in [5, 5.41) is 2.80. The lowest BCUT2D eigenvalue weighted by Crippen LogP contribution is -2.26. The average molecular weight is 412 g/mol. The van der Waals surface area contributed by atoms with E-state index in [1.54, 1.807) is 36.7 Å². The van der Waals surface area contributed by atoms with Gasteiger partial charge in [-0.05, 0) is 42.3 Å². The summed E-state index contributed by atoms with van der Waals surface area (Å²) in [5.41, 5.74) is 1.88. The van der Waals surface area contributed by atoms with E-state index in [4.69, 9.17) is 0 Å². The Morgan fingerprint density at radius 3 is 2.64 bits per heavy atom. The molecular weight excluding hydrogens is 396 g/mol. The number of nitrogens with one attached hydrogen (secondary N) is 2. The minimum Gasteiger partial charge on any atom is -0.321 e. The molecule has 4 rings (SSSR count). The van der Waals surface area contributed by atoms with Crippen molar-refractivity contribution in [2.45, 2.75) is 21.1 Å². The normalized spacial score (nSPS) is 13.2. The molecule has 3 aromatic rings. The monoisotopic (exact) mass is 412 g/mol. The Bertz CT molecular complexity index is 1130. The molecule has 1 aromatic heterocycles. The van der Waals surface area contributed by atoms with Crippen molar-refractivity contribution in [2.75, 3.05) is 11.9 Å². The van der Waals surface area contributed by atoms with E-state index in [2.05, 4.69) is 20.0 Å². The Labute approximate surface area is 166 Å². The SMILES string of the molecule is O=C1Nc2cc(S(=O)(=O)NCCc3cncnc3)ccc2Sc2ccccc21. The number of rotatable bonds is 5. The van der Waals surface area contributed by atoms with Crippen LogP contribution in [0.15, 0.2) is 75.9 Å². The van der Waals surface area contributed by atoms with Crippen molar-refractivity contribution in [1.29, 1.82) is 0 Å². The topological polar surface area (TPSA) is 101 Å². The zero-order valence-electron chi connectivity index (χ0n) is 14.6. The number of aromatic nitrogens is 2. The summed E-state index contributed by atoms with van der Waals surface area (Å²) in [7, 11) is -3.71. The van der Waals surface area contributed by atoms with Crippen LogP contribution in [0.3, 0.4) is 0 Å². The van der Waals surface area contributed by atoms with Crippen molar-refractivity contribution in [3.8, 4) is 0 Å². The van der Waals surface area contributed by atoms with Gasteiger partial charge in [0, 0.05) is 28.7 Å². The summed E-state index contributed by atoms with van der Waals surface area (Å²) in [5.74, 6) is -0.256. The lowest BCUT2D eigenvalue weighted by Gasteiger charge is -2.11. The fraction of sp³-hybridized carbons (Fsp3) is 0.105. The number of nitrogens with zero attached hydrogens (tertiary/aromatic N) is 2. The van der Waals surface area contributed by atoms with Gasteiger partial charge in [-0.3, -0.25) is 4.79 Å². The molecule has 2 aromatic carbocycles. The van der Waals surface area contributed by atoms with Crippen LogP contribution < -0.4 is 10.0 Å². The molecule has 0 atom stereocenters. The van der Waals surface area contributed by atoms with Gasteiger partial charge in [0.05, 0.1) is 16.1 Å². The second kappa shape index (κ2) is 7.70. The predicted molar refractivity (Wildman–Crippen MR) is 106 cm³/mol. The first-order valence-corrected chi connectivity index (χ1v) is 10.8. The molecule has 0 unspecified atom stereocenters. The number of hydrogen-bond acceptors (Lipinski definition) is 6. The highest BCUT2D eigenvalue weighted by atomic mass is 32.2. The van der Waals surface area contributed by atoms with E-state index < -0.39 is 10.0 Å². The van der Waals surface area contributed by atoms with Crippen LogP contribution >= 0.6 is 11.8 Å². The minimum atomic E-state index is -3.71. The van der Waals surface area contributed by atoms with Gasteiger partial charge in [0.25, 0.3) is 5.91 Å². The smallest absolute Gasteiger partial charge is 0.256 e. The van der Waals surface area contributed by atoms with Crippen LogP contribution in [-0.4, -0.2) is 30.8 Å². The Kier molecular flexibility index (Phi) is 5.12. The fourth-order valence-corrected chi connectivity index (χ4v) is 4.85. The minimum absolute atomic E-state index is 0.0995.